The molecule has 0 bridgehead atoms. The molecule has 0 spiro atoms. The number of benzene rings is 1. The molecule has 0 saturated heterocycles. The standard InChI is InChI=1S/C17H19N3O3S/c1-3-10(4-2)15-19-20-17(24-15)18-14(21)13-9-11-7-5-6-8-12(11)16(22)23-13/h5-8,10,13H,3-4,9H2,1-2H3,(H,18,20,21). The van der Waals surface area contributed by atoms with Crippen molar-refractivity contribution in [1.82, 2.24) is 10.2 Å². The Labute approximate surface area is 144 Å². The maximum atomic E-state index is 12.4. The second-order valence-corrected chi connectivity index (χ2v) is 6.71. The van der Waals surface area contributed by atoms with Gasteiger partial charge in [0.1, 0.15) is 5.01 Å². The number of carbonyl (C=O) groups is 2. The van der Waals surface area contributed by atoms with Gasteiger partial charge in [-0.3, -0.25) is 10.1 Å². The fraction of sp³-hybridized carbons (Fsp3) is 0.412. The van der Waals surface area contributed by atoms with Crippen LogP contribution in [0.5, 0.6) is 0 Å². The van der Waals surface area contributed by atoms with Crippen LogP contribution in [0.2, 0.25) is 0 Å². The third-order valence-corrected chi connectivity index (χ3v) is 5.19. The lowest BCUT2D eigenvalue weighted by molar-refractivity contribution is -0.125. The summed E-state index contributed by atoms with van der Waals surface area (Å²) >= 11 is 1.37. The van der Waals surface area contributed by atoms with Crippen molar-refractivity contribution in [2.75, 3.05) is 5.32 Å². The molecule has 0 saturated carbocycles. The third-order valence-electron chi connectivity index (χ3n) is 4.19. The third kappa shape index (κ3) is 3.31. The highest BCUT2D eigenvalue weighted by atomic mass is 32.1. The van der Waals surface area contributed by atoms with E-state index < -0.39 is 12.1 Å². The number of aromatic nitrogens is 2. The second kappa shape index (κ2) is 7.09. The predicted molar refractivity (Wildman–Crippen MR) is 91.2 cm³/mol. The van der Waals surface area contributed by atoms with Gasteiger partial charge in [0.25, 0.3) is 5.91 Å². The first-order valence-corrected chi connectivity index (χ1v) is 8.87. The number of hydrogen-bond acceptors (Lipinski definition) is 6. The maximum Gasteiger partial charge on any atom is 0.339 e. The fourth-order valence-corrected chi connectivity index (χ4v) is 3.76. The predicted octanol–water partition coefficient (Wildman–Crippen LogP) is 3.16. The summed E-state index contributed by atoms with van der Waals surface area (Å²) in [6, 6.07) is 7.17. The van der Waals surface area contributed by atoms with Crippen LogP contribution in [-0.2, 0) is 16.0 Å². The molecule has 0 radical (unpaired) electrons. The number of esters is 1. The van der Waals surface area contributed by atoms with Crippen LogP contribution in [0.3, 0.4) is 0 Å². The van der Waals surface area contributed by atoms with Gasteiger partial charge in [0, 0.05) is 12.3 Å². The Hall–Kier alpha value is -2.28. The average molecular weight is 345 g/mol. The van der Waals surface area contributed by atoms with Crippen molar-refractivity contribution in [3.63, 3.8) is 0 Å². The zero-order chi connectivity index (χ0) is 17.1. The van der Waals surface area contributed by atoms with Crippen molar-refractivity contribution in [2.24, 2.45) is 0 Å². The Bertz CT molecular complexity index is 755. The molecule has 1 amide bonds. The largest absolute Gasteiger partial charge is 0.448 e. The summed E-state index contributed by atoms with van der Waals surface area (Å²) in [6.45, 7) is 4.21. The zero-order valence-electron chi connectivity index (χ0n) is 13.6. The molecule has 24 heavy (non-hydrogen) atoms. The highest BCUT2D eigenvalue weighted by molar-refractivity contribution is 7.15. The molecule has 1 aliphatic heterocycles. The van der Waals surface area contributed by atoms with Crippen LogP contribution in [0.1, 0.15) is 53.5 Å². The fourth-order valence-electron chi connectivity index (χ4n) is 2.75. The summed E-state index contributed by atoms with van der Waals surface area (Å²) in [6.07, 6.45) is 1.49. The number of rotatable bonds is 5. The molecule has 1 atom stereocenters. The molecule has 6 nitrogen and oxygen atoms in total. The van der Waals surface area contributed by atoms with Gasteiger partial charge in [0.2, 0.25) is 5.13 Å². The molecular formula is C17H19N3O3S. The number of amides is 1. The molecule has 7 heteroatoms. The van der Waals surface area contributed by atoms with Crippen LogP contribution >= 0.6 is 11.3 Å². The molecule has 0 fully saturated rings. The van der Waals surface area contributed by atoms with Crippen molar-refractivity contribution in [3.8, 4) is 0 Å². The number of nitrogens with one attached hydrogen (secondary N) is 1. The summed E-state index contributed by atoms with van der Waals surface area (Å²) in [5.74, 6) is -0.482. The number of carbonyl (C=O) groups excluding carboxylic acids is 2. The van der Waals surface area contributed by atoms with E-state index in [9.17, 15) is 9.59 Å². The molecule has 1 N–H and O–H groups in total. The van der Waals surface area contributed by atoms with Crippen LogP contribution in [0.15, 0.2) is 24.3 Å². The Morgan fingerprint density at radius 2 is 2.08 bits per heavy atom. The summed E-state index contributed by atoms with van der Waals surface area (Å²) < 4.78 is 5.25. The van der Waals surface area contributed by atoms with Crippen molar-refractivity contribution in [1.29, 1.82) is 0 Å². The molecule has 1 aromatic carbocycles. The van der Waals surface area contributed by atoms with E-state index in [1.807, 2.05) is 12.1 Å². The number of anilines is 1. The highest BCUT2D eigenvalue weighted by Gasteiger charge is 2.31. The van der Waals surface area contributed by atoms with E-state index >= 15 is 0 Å². The van der Waals surface area contributed by atoms with Crippen LogP contribution in [0.4, 0.5) is 5.13 Å². The van der Waals surface area contributed by atoms with Gasteiger partial charge in [-0.1, -0.05) is 43.4 Å². The van der Waals surface area contributed by atoms with Gasteiger partial charge in [-0.2, -0.15) is 0 Å². The summed E-state index contributed by atoms with van der Waals surface area (Å²) in [4.78, 5) is 24.4. The number of fused-ring (bicyclic) bond motifs is 1. The maximum absolute atomic E-state index is 12.4. The summed E-state index contributed by atoms with van der Waals surface area (Å²) in [5, 5.41) is 12.3. The van der Waals surface area contributed by atoms with Gasteiger partial charge >= 0.3 is 5.97 Å². The Kier molecular flexibility index (Phi) is 4.89. The minimum absolute atomic E-state index is 0.354. The average Bonchev–Trinajstić information content (AvgIpc) is 3.04. The minimum atomic E-state index is -0.840. The first-order valence-electron chi connectivity index (χ1n) is 8.05. The van der Waals surface area contributed by atoms with E-state index in [-0.39, 0.29) is 5.91 Å². The number of hydrogen-bond donors (Lipinski definition) is 1. The van der Waals surface area contributed by atoms with Crippen molar-refractivity contribution < 1.29 is 14.3 Å². The zero-order valence-corrected chi connectivity index (χ0v) is 14.4. The normalized spacial score (nSPS) is 16.6. The van der Waals surface area contributed by atoms with Gasteiger partial charge in [-0.05, 0) is 24.5 Å². The molecule has 1 unspecified atom stereocenters. The smallest absolute Gasteiger partial charge is 0.339 e. The summed E-state index contributed by atoms with van der Waals surface area (Å²) in [7, 11) is 0. The first kappa shape index (κ1) is 16.6. The highest BCUT2D eigenvalue weighted by Crippen LogP contribution is 2.28. The molecule has 2 aromatic rings. The van der Waals surface area contributed by atoms with E-state index in [1.54, 1.807) is 12.1 Å². The molecule has 1 aliphatic rings. The van der Waals surface area contributed by atoms with Gasteiger partial charge < -0.3 is 4.74 Å². The van der Waals surface area contributed by atoms with Crippen LogP contribution < -0.4 is 5.32 Å². The molecule has 2 heterocycles. The Balaban J connectivity index is 1.69. The molecular weight excluding hydrogens is 326 g/mol. The number of cyclic esters (lactones) is 1. The minimum Gasteiger partial charge on any atom is -0.448 e. The molecule has 3 rings (SSSR count). The Morgan fingerprint density at radius 1 is 1.33 bits per heavy atom. The van der Waals surface area contributed by atoms with Gasteiger partial charge in [-0.15, -0.1) is 10.2 Å². The topological polar surface area (TPSA) is 81.2 Å². The number of nitrogens with zero attached hydrogens (tertiary/aromatic N) is 2. The van der Waals surface area contributed by atoms with Crippen molar-refractivity contribution in [2.45, 2.75) is 45.1 Å². The van der Waals surface area contributed by atoms with Gasteiger partial charge in [0.05, 0.1) is 5.56 Å². The van der Waals surface area contributed by atoms with E-state index in [4.69, 9.17) is 4.74 Å². The van der Waals surface area contributed by atoms with Crippen LogP contribution in [0.25, 0.3) is 0 Å². The van der Waals surface area contributed by atoms with Crippen LogP contribution in [-0.4, -0.2) is 28.2 Å². The Morgan fingerprint density at radius 3 is 2.83 bits per heavy atom. The van der Waals surface area contributed by atoms with Gasteiger partial charge in [-0.25, -0.2) is 4.79 Å². The van der Waals surface area contributed by atoms with Crippen LogP contribution in [0, 0.1) is 0 Å². The van der Waals surface area contributed by atoms with E-state index in [0.29, 0.717) is 23.0 Å². The molecule has 1 aromatic heterocycles. The quantitative estimate of drug-likeness (QED) is 0.842. The molecule has 0 aliphatic carbocycles. The lowest BCUT2D eigenvalue weighted by Gasteiger charge is -2.23. The van der Waals surface area contributed by atoms with Crippen molar-refractivity contribution >= 4 is 28.3 Å². The SMILES string of the molecule is CCC(CC)c1nnc(NC(=O)C2Cc3ccccc3C(=O)O2)s1. The van der Waals surface area contributed by atoms with Crippen molar-refractivity contribution in [3.05, 3.63) is 40.4 Å². The first-order chi connectivity index (χ1) is 11.6. The second-order valence-electron chi connectivity index (χ2n) is 5.70. The molecule has 126 valence electrons. The number of ether oxygens (including phenoxy) is 1. The monoisotopic (exact) mass is 345 g/mol. The lowest BCUT2D eigenvalue weighted by atomic mass is 9.98. The lowest BCUT2D eigenvalue weighted by Crippen LogP contribution is -2.37. The van der Waals surface area contributed by atoms with Gasteiger partial charge in [0.15, 0.2) is 6.10 Å². The van der Waals surface area contributed by atoms with E-state index in [0.717, 1.165) is 23.4 Å². The van der Waals surface area contributed by atoms with E-state index in [2.05, 4.69) is 29.4 Å². The van der Waals surface area contributed by atoms with E-state index in [1.165, 1.54) is 11.3 Å². The summed E-state index contributed by atoms with van der Waals surface area (Å²) in [5.41, 5.74) is 1.34.